The number of aliphatic hydroxyl groups is 1. The molecule has 1 spiro atoms. The first-order chi connectivity index (χ1) is 18.3. The number of nitrogens with zero attached hydrogens (tertiary/aromatic N) is 3. The van der Waals surface area contributed by atoms with Gasteiger partial charge in [0.1, 0.15) is 12.6 Å². The molecule has 0 bridgehead atoms. The molecule has 1 saturated carbocycles. The highest BCUT2D eigenvalue weighted by Gasteiger charge is 2.51. The maximum Gasteiger partial charge on any atom is 0.322 e. The second-order valence-electron chi connectivity index (χ2n) is 12.2. The van der Waals surface area contributed by atoms with Crippen molar-refractivity contribution in [2.24, 2.45) is 10.8 Å². The van der Waals surface area contributed by atoms with Crippen molar-refractivity contribution in [3.63, 3.8) is 0 Å². The van der Waals surface area contributed by atoms with E-state index in [1.165, 1.54) is 4.90 Å². The fraction of sp³-hybridized carbons (Fsp3) is 0.679. The number of β-amino-alcohol motifs (C(OH)–C–C–N with tert-alkyl or cyclic N) is 1. The Bertz CT molecular complexity index is 1090. The molecule has 39 heavy (non-hydrogen) atoms. The molecule has 1 aliphatic carbocycles. The number of carbonyl (C=O) groups is 3. The van der Waals surface area contributed by atoms with Crippen LogP contribution in [0.3, 0.4) is 0 Å². The zero-order valence-electron chi connectivity index (χ0n) is 23.2. The minimum absolute atomic E-state index is 0.0877. The maximum atomic E-state index is 13.5. The highest BCUT2D eigenvalue weighted by molar-refractivity contribution is 6.42. The van der Waals surface area contributed by atoms with Gasteiger partial charge in [0, 0.05) is 31.9 Å². The minimum Gasteiger partial charge on any atom is -0.463 e. The van der Waals surface area contributed by atoms with Gasteiger partial charge in [-0.05, 0) is 83.5 Å². The Balaban J connectivity index is 1.40. The fourth-order valence-corrected chi connectivity index (χ4v) is 5.67. The number of likely N-dealkylation sites (tertiary alicyclic amines) is 1. The fourth-order valence-electron chi connectivity index (χ4n) is 5.37. The van der Waals surface area contributed by atoms with Crippen LogP contribution < -0.4 is 5.32 Å². The molecule has 1 aromatic rings. The number of esters is 1. The molecule has 3 aliphatic rings. The van der Waals surface area contributed by atoms with Gasteiger partial charge in [0.15, 0.2) is 0 Å². The molecule has 11 heteroatoms. The minimum atomic E-state index is -0.700. The summed E-state index contributed by atoms with van der Waals surface area (Å²) in [5, 5.41) is 14.1. The number of hydrogen-bond acceptors (Lipinski definition) is 6. The number of rotatable bonds is 7. The lowest BCUT2D eigenvalue weighted by Gasteiger charge is -2.43. The standard InChI is InChI=1S/C28H40Cl2N4O5/c1-18-24(36)34(14-13-33(18)26(38)31-19-5-6-21(29)22(30)15-19)20(17-39-25(37)27(2,3)4)7-11-32-12-10-28(8-9-28)23(35)16-32/h5-6,15,18,20,23,35H,7-14,16-17H2,1-4H3,(H,31,38)/t18-,20-,23+/m0/s1. The Morgan fingerprint density at radius 2 is 1.87 bits per heavy atom. The summed E-state index contributed by atoms with van der Waals surface area (Å²) in [5.41, 5.74) is -0.0450. The zero-order valence-corrected chi connectivity index (χ0v) is 24.7. The third-order valence-electron chi connectivity index (χ3n) is 8.32. The summed E-state index contributed by atoms with van der Waals surface area (Å²) in [6, 6.07) is 3.38. The van der Waals surface area contributed by atoms with Gasteiger partial charge >= 0.3 is 12.0 Å². The maximum absolute atomic E-state index is 13.5. The summed E-state index contributed by atoms with van der Waals surface area (Å²) >= 11 is 12.0. The number of aliphatic hydroxyl groups excluding tert-OH is 1. The largest absolute Gasteiger partial charge is 0.463 e. The predicted molar refractivity (Wildman–Crippen MR) is 151 cm³/mol. The van der Waals surface area contributed by atoms with E-state index in [0.717, 1.165) is 25.8 Å². The number of carbonyl (C=O) groups excluding carboxylic acids is 3. The average molecular weight is 584 g/mol. The molecule has 2 heterocycles. The number of piperazine rings is 1. The van der Waals surface area contributed by atoms with Crippen LogP contribution in [0, 0.1) is 10.8 Å². The van der Waals surface area contributed by atoms with Crippen molar-refractivity contribution in [3.05, 3.63) is 28.2 Å². The van der Waals surface area contributed by atoms with E-state index in [2.05, 4.69) is 10.2 Å². The first-order valence-corrected chi connectivity index (χ1v) is 14.5. The van der Waals surface area contributed by atoms with Gasteiger partial charge in [0.05, 0.1) is 27.6 Å². The summed E-state index contributed by atoms with van der Waals surface area (Å²) in [6.45, 7) is 10.1. The Kier molecular flexibility index (Phi) is 9.05. The first-order valence-electron chi connectivity index (χ1n) is 13.7. The molecule has 9 nitrogen and oxygen atoms in total. The highest BCUT2D eigenvalue weighted by atomic mass is 35.5. The summed E-state index contributed by atoms with van der Waals surface area (Å²) in [4.78, 5) is 44.6. The molecule has 3 atom stereocenters. The SMILES string of the molecule is C[C@H]1C(=O)N([C@@H](CCN2CCC3(CC3)[C@H](O)C2)COC(=O)C(C)(C)C)CCN1C(=O)Nc1ccc(Cl)c(Cl)c1. The molecular weight excluding hydrogens is 543 g/mol. The summed E-state index contributed by atoms with van der Waals surface area (Å²) < 4.78 is 5.67. The Hall–Kier alpha value is -2.07. The van der Waals surface area contributed by atoms with Gasteiger partial charge in [-0.2, -0.15) is 0 Å². The van der Waals surface area contributed by atoms with E-state index >= 15 is 0 Å². The van der Waals surface area contributed by atoms with E-state index in [-0.39, 0.29) is 36.0 Å². The topological polar surface area (TPSA) is 102 Å². The van der Waals surface area contributed by atoms with Crippen LogP contribution in [0.4, 0.5) is 10.5 Å². The van der Waals surface area contributed by atoms with Gasteiger partial charge in [-0.3, -0.25) is 9.59 Å². The Labute approximate surface area is 240 Å². The van der Waals surface area contributed by atoms with Crippen LogP contribution in [0.25, 0.3) is 0 Å². The number of benzene rings is 1. The number of hydrogen-bond donors (Lipinski definition) is 2. The van der Waals surface area contributed by atoms with Gasteiger partial charge in [0.25, 0.3) is 0 Å². The Morgan fingerprint density at radius 3 is 2.49 bits per heavy atom. The monoisotopic (exact) mass is 582 g/mol. The van der Waals surface area contributed by atoms with Gasteiger partial charge < -0.3 is 29.9 Å². The van der Waals surface area contributed by atoms with Crippen LogP contribution in [0.5, 0.6) is 0 Å². The molecular formula is C28H40Cl2N4O5. The summed E-state index contributed by atoms with van der Waals surface area (Å²) in [5.74, 6) is -0.519. The van der Waals surface area contributed by atoms with Crippen molar-refractivity contribution in [2.75, 3.05) is 44.6 Å². The van der Waals surface area contributed by atoms with E-state index in [1.54, 1.807) is 50.8 Å². The highest BCUT2D eigenvalue weighted by Crippen LogP contribution is 2.53. The van der Waals surface area contributed by atoms with Crippen molar-refractivity contribution in [3.8, 4) is 0 Å². The van der Waals surface area contributed by atoms with E-state index in [1.807, 2.05) is 0 Å². The van der Waals surface area contributed by atoms with Crippen LogP contribution in [0.1, 0.15) is 53.4 Å². The van der Waals surface area contributed by atoms with E-state index in [9.17, 15) is 19.5 Å². The normalized spacial score (nSPS) is 24.0. The molecule has 3 amide bonds. The van der Waals surface area contributed by atoms with Gasteiger partial charge in [-0.15, -0.1) is 0 Å². The summed E-state index contributed by atoms with van der Waals surface area (Å²) in [7, 11) is 0. The zero-order chi connectivity index (χ0) is 28.5. The molecule has 2 N–H and O–H groups in total. The number of halogens is 2. The lowest BCUT2D eigenvalue weighted by molar-refractivity contribution is -0.158. The van der Waals surface area contributed by atoms with Crippen LogP contribution in [-0.2, 0) is 14.3 Å². The van der Waals surface area contributed by atoms with Crippen molar-refractivity contribution < 1.29 is 24.2 Å². The van der Waals surface area contributed by atoms with Gasteiger partial charge in [0.2, 0.25) is 5.91 Å². The van der Waals surface area contributed by atoms with Crippen molar-refractivity contribution in [1.82, 2.24) is 14.7 Å². The van der Waals surface area contributed by atoms with E-state index in [4.69, 9.17) is 27.9 Å². The second kappa shape index (κ2) is 11.8. The molecule has 0 aromatic heterocycles. The smallest absolute Gasteiger partial charge is 0.322 e. The third kappa shape index (κ3) is 6.99. The quantitative estimate of drug-likeness (QED) is 0.466. The number of nitrogens with one attached hydrogen (secondary N) is 1. The molecule has 216 valence electrons. The number of amides is 3. The second-order valence-corrected chi connectivity index (χ2v) is 13.0. The Morgan fingerprint density at radius 1 is 1.15 bits per heavy atom. The summed E-state index contributed by atoms with van der Waals surface area (Å²) in [6.07, 6.45) is 3.47. The van der Waals surface area contributed by atoms with E-state index < -0.39 is 17.5 Å². The lowest BCUT2D eigenvalue weighted by atomic mass is 9.90. The third-order valence-corrected chi connectivity index (χ3v) is 9.06. The predicted octanol–water partition coefficient (Wildman–Crippen LogP) is 4.25. The van der Waals surface area contributed by atoms with Gasteiger partial charge in [-0.25, -0.2) is 4.79 Å². The molecule has 1 aromatic carbocycles. The average Bonchev–Trinajstić information content (AvgIpc) is 3.65. The molecule has 0 radical (unpaired) electrons. The number of piperidine rings is 1. The van der Waals surface area contributed by atoms with Gasteiger partial charge in [-0.1, -0.05) is 23.2 Å². The van der Waals surface area contributed by atoms with Crippen LogP contribution in [0.15, 0.2) is 18.2 Å². The van der Waals surface area contributed by atoms with Crippen LogP contribution in [-0.4, -0.2) is 95.2 Å². The molecule has 0 unspecified atom stereocenters. The molecule has 2 saturated heterocycles. The molecule has 2 aliphatic heterocycles. The lowest BCUT2D eigenvalue weighted by Crippen LogP contribution is -2.61. The van der Waals surface area contributed by atoms with Crippen molar-refractivity contribution in [2.45, 2.75) is 71.6 Å². The van der Waals surface area contributed by atoms with E-state index in [0.29, 0.717) is 48.3 Å². The molecule has 3 fully saturated rings. The van der Waals surface area contributed by atoms with Crippen molar-refractivity contribution in [1.29, 1.82) is 0 Å². The number of anilines is 1. The molecule has 4 rings (SSSR count). The first kappa shape index (κ1) is 29.9. The van der Waals surface area contributed by atoms with Crippen molar-refractivity contribution >= 4 is 46.8 Å². The van der Waals surface area contributed by atoms with Crippen LogP contribution in [0.2, 0.25) is 10.0 Å². The van der Waals surface area contributed by atoms with Crippen LogP contribution >= 0.6 is 23.2 Å². The number of ether oxygens (including phenoxy) is 1. The number of urea groups is 1.